The van der Waals surface area contributed by atoms with Crippen LogP contribution in [-0.2, 0) is 16.2 Å². The van der Waals surface area contributed by atoms with Crippen LogP contribution in [0.4, 0.5) is 33.5 Å². The summed E-state index contributed by atoms with van der Waals surface area (Å²) in [5.41, 5.74) is -2.05. The highest BCUT2D eigenvalue weighted by atomic mass is 32.2. The standard InChI is InChI=1S/C20H21F5N4O3S/c1-12-16(20(23,24)25)11-15(17(27-12)29-8-3-6-19(21,22)7-9-29)18(30)28-13-4-2-5-14(10-13)33(26,31)32/h2,4-5,10-11H,3,6-9H2,1H3,(H,28,30)(H2,26,31,32). The van der Waals surface area contributed by atoms with Crippen LogP contribution in [0.25, 0.3) is 0 Å². The van der Waals surface area contributed by atoms with E-state index >= 15 is 0 Å². The van der Waals surface area contributed by atoms with Gasteiger partial charge in [-0.25, -0.2) is 27.3 Å². The van der Waals surface area contributed by atoms with E-state index in [1.807, 2.05) is 0 Å². The van der Waals surface area contributed by atoms with Gasteiger partial charge < -0.3 is 10.2 Å². The van der Waals surface area contributed by atoms with Gasteiger partial charge in [-0.2, -0.15) is 13.2 Å². The zero-order chi connectivity index (χ0) is 24.6. The summed E-state index contributed by atoms with van der Waals surface area (Å²) in [6, 6.07) is 5.47. The smallest absolute Gasteiger partial charge is 0.356 e. The van der Waals surface area contributed by atoms with Crippen molar-refractivity contribution in [3.63, 3.8) is 0 Å². The van der Waals surface area contributed by atoms with Crippen molar-refractivity contribution < 1.29 is 35.2 Å². The van der Waals surface area contributed by atoms with E-state index in [0.717, 1.165) is 13.0 Å². The minimum Gasteiger partial charge on any atom is -0.356 e. The van der Waals surface area contributed by atoms with Gasteiger partial charge in [0.05, 0.1) is 21.7 Å². The quantitative estimate of drug-likeness (QED) is 0.630. The van der Waals surface area contributed by atoms with Crippen molar-refractivity contribution in [2.24, 2.45) is 5.14 Å². The summed E-state index contributed by atoms with van der Waals surface area (Å²) >= 11 is 0. The minimum atomic E-state index is -4.80. The second-order valence-corrected chi connectivity index (χ2v) is 9.28. The van der Waals surface area contributed by atoms with E-state index in [1.54, 1.807) is 0 Å². The molecule has 3 N–H and O–H groups in total. The van der Waals surface area contributed by atoms with Gasteiger partial charge in [0, 0.05) is 31.6 Å². The Morgan fingerprint density at radius 2 is 1.88 bits per heavy atom. The fourth-order valence-corrected chi connectivity index (χ4v) is 4.07. The molecule has 1 saturated heterocycles. The van der Waals surface area contributed by atoms with E-state index in [0.29, 0.717) is 6.07 Å². The van der Waals surface area contributed by atoms with Crippen LogP contribution in [-0.4, -0.2) is 38.3 Å². The van der Waals surface area contributed by atoms with Gasteiger partial charge in [-0.3, -0.25) is 4.79 Å². The third-order valence-electron chi connectivity index (χ3n) is 5.18. The molecule has 0 atom stereocenters. The lowest BCUT2D eigenvalue weighted by Crippen LogP contribution is -2.30. The fourth-order valence-electron chi connectivity index (χ4n) is 3.51. The van der Waals surface area contributed by atoms with E-state index in [4.69, 9.17) is 5.14 Å². The van der Waals surface area contributed by atoms with Gasteiger partial charge in [-0.1, -0.05) is 6.07 Å². The van der Waals surface area contributed by atoms with Crippen LogP contribution in [0.2, 0.25) is 0 Å². The lowest BCUT2D eigenvalue weighted by Gasteiger charge is -2.25. The lowest BCUT2D eigenvalue weighted by molar-refractivity contribution is -0.138. The molecule has 0 aliphatic carbocycles. The highest BCUT2D eigenvalue weighted by Crippen LogP contribution is 2.36. The van der Waals surface area contributed by atoms with Crippen LogP contribution in [0.5, 0.6) is 0 Å². The van der Waals surface area contributed by atoms with Crippen LogP contribution in [0.1, 0.15) is 40.9 Å². The Hall–Kier alpha value is -2.80. The van der Waals surface area contributed by atoms with Gasteiger partial charge in [-0.05, 0) is 37.6 Å². The highest BCUT2D eigenvalue weighted by molar-refractivity contribution is 7.89. The fraction of sp³-hybridized carbons (Fsp3) is 0.400. The molecule has 1 aromatic heterocycles. The molecule has 1 amide bonds. The van der Waals surface area contributed by atoms with Gasteiger partial charge in [-0.15, -0.1) is 0 Å². The molecule has 13 heteroatoms. The molecule has 0 saturated carbocycles. The van der Waals surface area contributed by atoms with Gasteiger partial charge in [0.2, 0.25) is 15.9 Å². The molecule has 2 heterocycles. The molecule has 1 aliphatic heterocycles. The number of anilines is 2. The third-order valence-corrected chi connectivity index (χ3v) is 6.09. The SMILES string of the molecule is Cc1nc(N2CCCC(F)(F)CC2)c(C(=O)Nc2cccc(S(N)(=O)=O)c2)cc1C(F)(F)F. The molecular weight excluding hydrogens is 471 g/mol. The number of alkyl halides is 5. The molecule has 3 rings (SSSR count). The van der Waals surface area contributed by atoms with Gasteiger partial charge in [0.1, 0.15) is 5.82 Å². The molecule has 1 aromatic carbocycles. The number of primary sulfonamides is 1. The second kappa shape index (κ2) is 8.86. The molecule has 180 valence electrons. The summed E-state index contributed by atoms with van der Waals surface area (Å²) in [5, 5.41) is 7.41. The molecule has 1 fully saturated rings. The van der Waals surface area contributed by atoms with Crippen molar-refractivity contribution in [2.45, 2.75) is 43.2 Å². The first-order chi connectivity index (χ1) is 15.2. The number of carbonyl (C=O) groups is 1. The average molecular weight is 492 g/mol. The summed E-state index contributed by atoms with van der Waals surface area (Å²) in [4.78, 5) is 18.0. The minimum absolute atomic E-state index is 0.0333. The van der Waals surface area contributed by atoms with Crippen molar-refractivity contribution in [1.29, 1.82) is 0 Å². The predicted octanol–water partition coefficient (Wildman–Crippen LogP) is 3.93. The van der Waals surface area contributed by atoms with E-state index < -0.39 is 51.3 Å². The molecule has 1 aliphatic rings. The zero-order valence-electron chi connectivity index (χ0n) is 17.4. The van der Waals surface area contributed by atoms with Crippen LogP contribution in [0.3, 0.4) is 0 Å². The van der Waals surface area contributed by atoms with E-state index in [2.05, 4.69) is 10.3 Å². The van der Waals surface area contributed by atoms with Crippen molar-refractivity contribution in [3.05, 3.63) is 47.2 Å². The molecule has 0 bridgehead atoms. The number of sulfonamides is 1. The van der Waals surface area contributed by atoms with Crippen molar-refractivity contribution in [1.82, 2.24) is 4.98 Å². The van der Waals surface area contributed by atoms with E-state index in [1.165, 1.54) is 23.1 Å². The Bertz CT molecular complexity index is 1170. The topological polar surface area (TPSA) is 105 Å². The summed E-state index contributed by atoms with van der Waals surface area (Å²) < 4.78 is 91.1. The maximum absolute atomic E-state index is 13.8. The zero-order valence-corrected chi connectivity index (χ0v) is 18.2. The number of amides is 1. The highest BCUT2D eigenvalue weighted by Gasteiger charge is 2.37. The number of rotatable bonds is 4. The van der Waals surface area contributed by atoms with Crippen LogP contribution in [0.15, 0.2) is 35.2 Å². The van der Waals surface area contributed by atoms with Crippen LogP contribution >= 0.6 is 0 Å². The maximum atomic E-state index is 13.8. The largest absolute Gasteiger partial charge is 0.418 e. The Morgan fingerprint density at radius 3 is 2.52 bits per heavy atom. The summed E-state index contributed by atoms with van der Waals surface area (Å²) in [5.74, 6) is -4.09. The first kappa shape index (κ1) is 24.8. The molecule has 0 unspecified atom stereocenters. The number of aryl methyl sites for hydroxylation is 1. The average Bonchev–Trinajstić information content (AvgIpc) is 2.86. The number of nitrogens with two attached hydrogens (primary N) is 1. The number of carbonyl (C=O) groups excluding carboxylic acids is 1. The molecule has 0 radical (unpaired) electrons. The van der Waals surface area contributed by atoms with Crippen LogP contribution < -0.4 is 15.4 Å². The molecule has 33 heavy (non-hydrogen) atoms. The van der Waals surface area contributed by atoms with Crippen molar-refractivity contribution in [3.8, 4) is 0 Å². The summed E-state index contributed by atoms with van der Waals surface area (Å²) in [7, 11) is -4.09. The Labute approximate surface area is 186 Å². The molecule has 2 aromatic rings. The van der Waals surface area contributed by atoms with Crippen molar-refractivity contribution in [2.75, 3.05) is 23.3 Å². The third kappa shape index (κ3) is 5.96. The number of aromatic nitrogens is 1. The number of benzene rings is 1. The van der Waals surface area contributed by atoms with E-state index in [9.17, 15) is 35.2 Å². The Kier molecular flexibility index (Phi) is 6.67. The van der Waals surface area contributed by atoms with E-state index in [-0.39, 0.29) is 42.3 Å². The first-order valence-electron chi connectivity index (χ1n) is 9.83. The van der Waals surface area contributed by atoms with Gasteiger partial charge >= 0.3 is 6.18 Å². The lowest BCUT2D eigenvalue weighted by atomic mass is 10.1. The molecular formula is C20H21F5N4O3S. The number of halogens is 5. The second-order valence-electron chi connectivity index (χ2n) is 7.71. The summed E-state index contributed by atoms with van der Waals surface area (Å²) in [6.07, 6.45) is -5.66. The predicted molar refractivity (Wildman–Crippen MR) is 111 cm³/mol. The van der Waals surface area contributed by atoms with Crippen molar-refractivity contribution >= 4 is 27.4 Å². The molecule has 7 nitrogen and oxygen atoms in total. The number of pyridine rings is 1. The number of hydrogen-bond donors (Lipinski definition) is 2. The van der Waals surface area contributed by atoms with Gasteiger partial charge in [0.15, 0.2) is 0 Å². The molecule has 0 spiro atoms. The first-order valence-corrected chi connectivity index (χ1v) is 11.4. The normalized spacial score (nSPS) is 16.9. The Balaban J connectivity index is 2.04. The van der Waals surface area contributed by atoms with Gasteiger partial charge in [0.25, 0.3) is 5.91 Å². The maximum Gasteiger partial charge on any atom is 0.418 e. The monoisotopic (exact) mass is 492 g/mol. The van der Waals surface area contributed by atoms with Crippen LogP contribution in [0, 0.1) is 6.92 Å². The Morgan fingerprint density at radius 1 is 1.18 bits per heavy atom. The number of nitrogens with one attached hydrogen (secondary N) is 1. The number of hydrogen-bond acceptors (Lipinski definition) is 5. The summed E-state index contributed by atoms with van der Waals surface area (Å²) in [6.45, 7) is 0.997. The number of nitrogens with zero attached hydrogens (tertiary/aromatic N) is 2.